The second-order valence-electron chi connectivity index (χ2n) is 9.63. The zero-order chi connectivity index (χ0) is 21.8. The third-order valence-electron chi connectivity index (χ3n) is 7.05. The summed E-state index contributed by atoms with van der Waals surface area (Å²) in [6.45, 7) is 15.9. The van der Waals surface area contributed by atoms with Gasteiger partial charge in [0.2, 0.25) is 0 Å². The summed E-state index contributed by atoms with van der Waals surface area (Å²) in [6, 6.07) is 4.24. The number of hydrogen-bond acceptors (Lipinski definition) is 3. The molecule has 6 heteroatoms. The summed E-state index contributed by atoms with van der Waals surface area (Å²) in [5.74, 6) is 3.17. The van der Waals surface area contributed by atoms with Crippen molar-refractivity contribution >= 4 is 5.91 Å². The fraction of sp³-hybridized carbons (Fsp3) is 0.708. The Bertz CT molecular complexity index is 721. The maximum absolute atomic E-state index is 13.1. The summed E-state index contributed by atoms with van der Waals surface area (Å²) in [5.41, 5.74) is 2.55. The van der Waals surface area contributed by atoms with E-state index in [4.69, 9.17) is 9.47 Å². The van der Waals surface area contributed by atoms with E-state index in [1.807, 2.05) is 0 Å². The number of ether oxygens (including phenoxy) is 2. The van der Waals surface area contributed by atoms with Gasteiger partial charge in [-0.2, -0.15) is 0 Å². The molecular formula is C24H41N3O3+2. The highest BCUT2D eigenvalue weighted by Crippen LogP contribution is 2.29. The highest BCUT2D eigenvalue weighted by atomic mass is 16.5. The van der Waals surface area contributed by atoms with Crippen molar-refractivity contribution in [3.05, 3.63) is 23.3 Å². The van der Waals surface area contributed by atoms with E-state index in [9.17, 15) is 4.79 Å². The number of carbonyl (C=O) groups excluding carboxylic acids is 1. The van der Waals surface area contributed by atoms with Gasteiger partial charge in [-0.1, -0.05) is 13.8 Å². The number of benzene rings is 1. The van der Waals surface area contributed by atoms with Gasteiger partial charge in [-0.05, 0) is 49.8 Å². The monoisotopic (exact) mass is 419 g/mol. The van der Waals surface area contributed by atoms with Gasteiger partial charge >= 0.3 is 0 Å². The van der Waals surface area contributed by atoms with Gasteiger partial charge in [0.25, 0.3) is 5.91 Å². The molecule has 1 amide bonds. The van der Waals surface area contributed by atoms with Crippen LogP contribution in [0, 0.1) is 18.8 Å². The van der Waals surface area contributed by atoms with Gasteiger partial charge in [0.1, 0.15) is 32.7 Å². The van der Waals surface area contributed by atoms with Crippen molar-refractivity contribution in [3.63, 3.8) is 0 Å². The number of rotatable bonds is 6. The standard InChI is InChI=1S/C24H39N3O3/c1-17-11-18(2)15-27(14-17)24(28)20(4)26-9-7-25(8-10-26)16-21-13-23(30-6)22(29-5)12-19(21)3/h12-13,17-18,20H,7-11,14-16H2,1-6H3/p+2/t17-,18-,20-/m0/s1. The number of hydrogen-bond donors (Lipinski definition) is 2. The van der Waals surface area contributed by atoms with Crippen LogP contribution >= 0.6 is 0 Å². The average molecular weight is 420 g/mol. The van der Waals surface area contributed by atoms with Gasteiger partial charge < -0.3 is 24.2 Å². The number of aryl methyl sites for hydroxylation is 1. The van der Waals surface area contributed by atoms with Crippen LogP contribution in [0.25, 0.3) is 0 Å². The number of piperidine rings is 1. The number of quaternary nitrogens is 2. The van der Waals surface area contributed by atoms with E-state index in [0.29, 0.717) is 17.7 Å². The van der Waals surface area contributed by atoms with Gasteiger partial charge in [-0.15, -0.1) is 0 Å². The summed E-state index contributed by atoms with van der Waals surface area (Å²) >= 11 is 0. The Hall–Kier alpha value is -1.79. The van der Waals surface area contributed by atoms with Crippen LogP contribution in [0.1, 0.15) is 38.3 Å². The van der Waals surface area contributed by atoms with E-state index in [1.165, 1.54) is 22.4 Å². The molecule has 0 unspecified atom stereocenters. The van der Waals surface area contributed by atoms with E-state index < -0.39 is 0 Å². The summed E-state index contributed by atoms with van der Waals surface area (Å²) in [5, 5.41) is 0. The van der Waals surface area contributed by atoms with Crippen LogP contribution in [0.3, 0.4) is 0 Å². The Morgan fingerprint density at radius 3 is 2.20 bits per heavy atom. The second-order valence-corrected chi connectivity index (χ2v) is 9.63. The van der Waals surface area contributed by atoms with E-state index in [0.717, 1.165) is 57.3 Å². The van der Waals surface area contributed by atoms with Crippen molar-refractivity contribution in [2.24, 2.45) is 11.8 Å². The lowest BCUT2D eigenvalue weighted by Crippen LogP contribution is -3.29. The van der Waals surface area contributed by atoms with Crippen molar-refractivity contribution in [2.75, 3.05) is 53.5 Å². The number of nitrogens with zero attached hydrogens (tertiary/aromatic N) is 1. The predicted octanol–water partition coefficient (Wildman–Crippen LogP) is 0.189. The molecule has 0 radical (unpaired) electrons. The van der Waals surface area contributed by atoms with E-state index in [1.54, 1.807) is 19.1 Å². The minimum atomic E-state index is 0.0619. The molecule has 0 aliphatic carbocycles. The molecule has 2 fully saturated rings. The van der Waals surface area contributed by atoms with Crippen molar-refractivity contribution in [1.29, 1.82) is 0 Å². The molecule has 2 heterocycles. The van der Waals surface area contributed by atoms with E-state index in [-0.39, 0.29) is 6.04 Å². The first-order chi connectivity index (χ1) is 14.3. The summed E-state index contributed by atoms with van der Waals surface area (Å²) in [6.07, 6.45) is 1.24. The Morgan fingerprint density at radius 2 is 1.63 bits per heavy atom. The van der Waals surface area contributed by atoms with Crippen LogP contribution in [-0.2, 0) is 11.3 Å². The Labute approximate surface area is 182 Å². The number of methoxy groups -OCH3 is 2. The van der Waals surface area contributed by atoms with Crippen molar-refractivity contribution < 1.29 is 24.1 Å². The van der Waals surface area contributed by atoms with Crippen LogP contribution in [0.15, 0.2) is 12.1 Å². The molecule has 2 aliphatic heterocycles. The maximum atomic E-state index is 13.1. The van der Waals surface area contributed by atoms with Crippen LogP contribution < -0.4 is 19.3 Å². The fourth-order valence-corrected chi connectivity index (χ4v) is 5.31. The highest BCUT2D eigenvalue weighted by molar-refractivity contribution is 5.80. The molecule has 0 bridgehead atoms. The lowest BCUT2D eigenvalue weighted by molar-refractivity contribution is -1.02. The van der Waals surface area contributed by atoms with Crippen molar-refractivity contribution in [2.45, 2.75) is 46.7 Å². The zero-order valence-electron chi connectivity index (χ0n) is 19.7. The quantitative estimate of drug-likeness (QED) is 0.692. The van der Waals surface area contributed by atoms with Gasteiger partial charge in [-0.25, -0.2) is 0 Å². The van der Waals surface area contributed by atoms with Crippen LogP contribution in [0.2, 0.25) is 0 Å². The Balaban J connectivity index is 1.55. The first-order valence-electron chi connectivity index (χ1n) is 11.5. The zero-order valence-corrected chi connectivity index (χ0v) is 19.7. The van der Waals surface area contributed by atoms with Gasteiger partial charge in [-0.3, -0.25) is 4.79 Å². The second kappa shape index (κ2) is 10.0. The van der Waals surface area contributed by atoms with Gasteiger partial charge in [0, 0.05) is 18.7 Å². The van der Waals surface area contributed by atoms with Gasteiger partial charge in [0.15, 0.2) is 17.5 Å². The predicted molar refractivity (Wildman–Crippen MR) is 118 cm³/mol. The lowest BCUT2D eigenvalue weighted by Gasteiger charge is -2.39. The van der Waals surface area contributed by atoms with Crippen molar-refractivity contribution in [3.8, 4) is 11.5 Å². The molecule has 2 saturated heterocycles. The Kier molecular flexibility index (Phi) is 7.64. The smallest absolute Gasteiger partial charge is 0.280 e. The fourth-order valence-electron chi connectivity index (χ4n) is 5.31. The van der Waals surface area contributed by atoms with Crippen LogP contribution in [-0.4, -0.2) is 70.3 Å². The molecule has 2 N–H and O–H groups in total. The third-order valence-corrected chi connectivity index (χ3v) is 7.05. The number of piperazine rings is 1. The number of nitrogens with one attached hydrogen (secondary N) is 2. The summed E-state index contributed by atoms with van der Waals surface area (Å²) in [4.78, 5) is 18.3. The first kappa shape index (κ1) is 22.9. The molecule has 0 spiro atoms. The molecule has 168 valence electrons. The molecule has 0 aromatic heterocycles. The average Bonchev–Trinajstić information content (AvgIpc) is 2.73. The number of likely N-dealkylation sites (tertiary alicyclic amines) is 1. The number of amides is 1. The molecule has 3 rings (SSSR count). The molecule has 2 aliphatic rings. The maximum Gasteiger partial charge on any atom is 0.280 e. The molecule has 1 aromatic rings. The van der Waals surface area contributed by atoms with Crippen LogP contribution in [0.4, 0.5) is 0 Å². The molecule has 6 nitrogen and oxygen atoms in total. The summed E-state index contributed by atoms with van der Waals surface area (Å²) in [7, 11) is 3.37. The minimum Gasteiger partial charge on any atom is -0.493 e. The van der Waals surface area contributed by atoms with Crippen LogP contribution in [0.5, 0.6) is 11.5 Å². The topological polar surface area (TPSA) is 47.7 Å². The van der Waals surface area contributed by atoms with Gasteiger partial charge in [0.05, 0.1) is 14.2 Å². The lowest BCUT2D eigenvalue weighted by atomic mass is 9.91. The molecule has 3 atom stereocenters. The molecular weight excluding hydrogens is 378 g/mol. The molecule has 1 aromatic carbocycles. The van der Waals surface area contributed by atoms with E-state index >= 15 is 0 Å². The molecule has 30 heavy (non-hydrogen) atoms. The summed E-state index contributed by atoms with van der Waals surface area (Å²) < 4.78 is 10.9. The Morgan fingerprint density at radius 1 is 1.07 bits per heavy atom. The van der Waals surface area contributed by atoms with Crippen molar-refractivity contribution in [1.82, 2.24) is 4.90 Å². The number of carbonyl (C=O) groups is 1. The normalized spacial score (nSPS) is 28.1. The minimum absolute atomic E-state index is 0.0619. The van der Waals surface area contributed by atoms with E-state index in [2.05, 4.69) is 44.7 Å². The molecule has 0 saturated carbocycles. The SMILES string of the molecule is COc1cc(C)c(C[NH+]2CC[NH+]([C@@H](C)C(=O)N3C[C@@H](C)C[C@H](C)C3)CC2)cc1OC. The first-order valence-corrected chi connectivity index (χ1v) is 11.5. The highest BCUT2D eigenvalue weighted by Gasteiger charge is 2.36. The largest absolute Gasteiger partial charge is 0.493 e. The third kappa shape index (κ3) is 5.27.